The topological polar surface area (TPSA) is 39.6 Å². The lowest BCUT2D eigenvalue weighted by Gasteiger charge is -2.35. The molecule has 1 aromatic heterocycles. The smallest absolute Gasteiger partial charge is 0.0919 e. The lowest BCUT2D eigenvalue weighted by atomic mass is 10.0. The van der Waals surface area contributed by atoms with E-state index in [0.717, 1.165) is 38.3 Å². The number of piperazine rings is 1. The first-order chi connectivity index (χ1) is 12.0. The maximum atomic E-state index is 10.7. The average Bonchev–Trinajstić information content (AvgIpc) is 2.60. The summed E-state index contributed by atoms with van der Waals surface area (Å²) in [4.78, 5) is 9.33. The molecule has 1 saturated heterocycles. The SMILES string of the molecule is Cc1ccc(C)c([C@@H](O)CN2CCN(Cc3ncccc3C)CC2)c1. The highest BCUT2D eigenvalue weighted by atomic mass is 16.3. The van der Waals surface area contributed by atoms with Gasteiger partial charge in [0.25, 0.3) is 0 Å². The first-order valence-electron chi connectivity index (χ1n) is 9.13. The van der Waals surface area contributed by atoms with E-state index in [-0.39, 0.29) is 0 Å². The van der Waals surface area contributed by atoms with Gasteiger partial charge in [0.05, 0.1) is 11.8 Å². The number of rotatable bonds is 5. The van der Waals surface area contributed by atoms with Gasteiger partial charge in [0.1, 0.15) is 0 Å². The molecular weight excluding hydrogens is 310 g/mol. The summed E-state index contributed by atoms with van der Waals surface area (Å²) in [7, 11) is 0. The molecule has 1 N–H and O–H groups in total. The molecule has 1 aromatic carbocycles. The average molecular weight is 339 g/mol. The van der Waals surface area contributed by atoms with Crippen LogP contribution < -0.4 is 0 Å². The fourth-order valence-corrected chi connectivity index (χ4v) is 3.49. The van der Waals surface area contributed by atoms with E-state index in [1.165, 1.54) is 22.4 Å². The minimum Gasteiger partial charge on any atom is -0.387 e. The molecule has 0 radical (unpaired) electrons. The standard InChI is InChI=1S/C21H29N3O/c1-16-6-7-17(2)19(13-16)21(25)15-24-11-9-23(10-12-24)14-20-18(3)5-4-8-22-20/h4-8,13,21,25H,9-12,14-15H2,1-3H3/t21-/m0/s1. The second-order valence-corrected chi connectivity index (χ2v) is 7.22. The molecule has 0 aliphatic carbocycles. The third-order valence-electron chi connectivity index (χ3n) is 5.18. The van der Waals surface area contributed by atoms with Crippen molar-refractivity contribution in [3.05, 3.63) is 64.5 Å². The number of aliphatic hydroxyl groups excluding tert-OH is 1. The van der Waals surface area contributed by atoms with Crippen LogP contribution in [0.25, 0.3) is 0 Å². The van der Waals surface area contributed by atoms with Gasteiger partial charge in [-0.05, 0) is 43.5 Å². The monoisotopic (exact) mass is 339 g/mol. The lowest BCUT2D eigenvalue weighted by molar-refractivity contribution is 0.0693. The molecule has 2 heterocycles. The number of β-amino-alcohol motifs (C(OH)–C–C–N with tert-alkyl or cyclic N) is 1. The van der Waals surface area contributed by atoms with Crippen molar-refractivity contribution < 1.29 is 5.11 Å². The van der Waals surface area contributed by atoms with Gasteiger partial charge < -0.3 is 5.11 Å². The van der Waals surface area contributed by atoms with Gasteiger partial charge in [0.15, 0.2) is 0 Å². The molecule has 4 heteroatoms. The Morgan fingerprint density at radius 3 is 2.44 bits per heavy atom. The van der Waals surface area contributed by atoms with Crippen LogP contribution in [0.5, 0.6) is 0 Å². The number of aromatic nitrogens is 1. The minimum absolute atomic E-state index is 0.413. The highest BCUT2D eigenvalue weighted by Crippen LogP contribution is 2.21. The number of hydrogen-bond donors (Lipinski definition) is 1. The first-order valence-corrected chi connectivity index (χ1v) is 9.13. The zero-order valence-corrected chi connectivity index (χ0v) is 15.6. The quantitative estimate of drug-likeness (QED) is 0.909. The van der Waals surface area contributed by atoms with Crippen molar-refractivity contribution in [1.29, 1.82) is 0 Å². The van der Waals surface area contributed by atoms with E-state index in [4.69, 9.17) is 0 Å². The zero-order valence-electron chi connectivity index (χ0n) is 15.6. The van der Waals surface area contributed by atoms with Gasteiger partial charge in [-0.2, -0.15) is 0 Å². The van der Waals surface area contributed by atoms with Crippen molar-refractivity contribution in [3.63, 3.8) is 0 Å². The Labute approximate surface area is 151 Å². The first kappa shape index (κ1) is 18.1. The van der Waals surface area contributed by atoms with Gasteiger partial charge in [0.2, 0.25) is 0 Å². The Morgan fingerprint density at radius 2 is 1.72 bits per heavy atom. The summed E-state index contributed by atoms with van der Waals surface area (Å²) >= 11 is 0. The normalized spacial score (nSPS) is 17.6. The van der Waals surface area contributed by atoms with Crippen LogP contribution in [0.1, 0.15) is 34.1 Å². The summed E-state index contributed by atoms with van der Waals surface area (Å²) in [5, 5.41) is 10.7. The molecule has 0 bridgehead atoms. The summed E-state index contributed by atoms with van der Waals surface area (Å²) in [5.41, 5.74) is 5.87. The summed E-state index contributed by atoms with van der Waals surface area (Å²) < 4.78 is 0. The fourth-order valence-electron chi connectivity index (χ4n) is 3.49. The second-order valence-electron chi connectivity index (χ2n) is 7.22. The van der Waals surface area contributed by atoms with Crippen LogP contribution in [0.3, 0.4) is 0 Å². The van der Waals surface area contributed by atoms with E-state index in [1.807, 2.05) is 12.3 Å². The molecule has 134 valence electrons. The summed E-state index contributed by atoms with van der Waals surface area (Å²) in [5.74, 6) is 0. The van der Waals surface area contributed by atoms with Gasteiger partial charge in [-0.25, -0.2) is 0 Å². The molecule has 1 aliphatic rings. The largest absolute Gasteiger partial charge is 0.387 e. The van der Waals surface area contributed by atoms with Crippen molar-refractivity contribution in [2.24, 2.45) is 0 Å². The maximum Gasteiger partial charge on any atom is 0.0919 e. The van der Waals surface area contributed by atoms with Crippen molar-refractivity contribution in [1.82, 2.24) is 14.8 Å². The molecular formula is C21H29N3O. The number of aryl methyl sites for hydroxylation is 3. The lowest BCUT2D eigenvalue weighted by Crippen LogP contribution is -2.47. The Kier molecular flexibility index (Phi) is 5.84. The Morgan fingerprint density at radius 1 is 1.00 bits per heavy atom. The van der Waals surface area contributed by atoms with Crippen LogP contribution in [-0.2, 0) is 6.54 Å². The van der Waals surface area contributed by atoms with E-state index >= 15 is 0 Å². The molecule has 1 fully saturated rings. The van der Waals surface area contributed by atoms with Crippen molar-refractivity contribution in [2.75, 3.05) is 32.7 Å². The summed E-state index contributed by atoms with van der Waals surface area (Å²) in [6, 6.07) is 10.4. The molecule has 4 nitrogen and oxygen atoms in total. The van der Waals surface area contributed by atoms with Crippen LogP contribution in [0.4, 0.5) is 0 Å². The maximum absolute atomic E-state index is 10.7. The second kappa shape index (κ2) is 8.09. The van der Waals surface area contributed by atoms with Crippen LogP contribution in [0.2, 0.25) is 0 Å². The van der Waals surface area contributed by atoms with Gasteiger partial charge in [-0.15, -0.1) is 0 Å². The number of benzene rings is 1. The fraction of sp³-hybridized carbons (Fsp3) is 0.476. The van der Waals surface area contributed by atoms with E-state index in [2.05, 4.69) is 59.8 Å². The Bertz CT molecular complexity index is 708. The Hall–Kier alpha value is -1.75. The molecule has 0 saturated carbocycles. The van der Waals surface area contributed by atoms with E-state index in [0.29, 0.717) is 6.54 Å². The third-order valence-corrected chi connectivity index (χ3v) is 5.18. The number of hydrogen-bond acceptors (Lipinski definition) is 4. The van der Waals surface area contributed by atoms with Crippen LogP contribution >= 0.6 is 0 Å². The number of nitrogens with zero attached hydrogens (tertiary/aromatic N) is 3. The van der Waals surface area contributed by atoms with E-state index in [9.17, 15) is 5.11 Å². The molecule has 0 amide bonds. The molecule has 0 unspecified atom stereocenters. The van der Waals surface area contributed by atoms with Crippen LogP contribution in [0.15, 0.2) is 36.5 Å². The molecule has 0 spiro atoms. The zero-order chi connectivity index (χ0) is 17.8. The van der Waals surface area contributed by atoms with Gasteiger partial charge >= 0.3 is 0 Å². The van der Waals surface area contributed by atoms with Gasteiger partial charge in [-0.1, -0.05) is 29.8 Å². The van der Waals surface area contributed by atoms with Crippen LogP contribution in [0, 0.1) is 20.8 Å². The molecule has 1 atom stereocenters. The van der Waals surface area contributed by atoms with Crippen molar-refractivity contribution >= 4 is 0 Å². The molecule has 3 rings (SSSR count). The predicted octanol–water partition coefficient (Wildman–Crippen LogP) is 2.86. The minimum atomic E-state index is -0.413. The number of pyridine rings is 1. The number of aliphatic hydroxyl groups is 1. The third kappa shape index (κ3) is 4.66. The van der Waals surface area contributed by atoms with Crippen molar-refractivity contribution in [3.8, 4) is 0 Å². The Balaban J connectivity index is 1.52. The van der Waals surface area contributed by atoms with Crippen LogP contribution in [-0.4, -0.2) is 52.6 Å². The predicted molar refractivity (Wildman–Crippen MR) is 102 cm³/mol. The van der Waals surface area contributed by atoms with Gasteiger partial charge in [-0.3, -0.25) is 14.8 Å². The highest BCUT2D eigenvalue weighted by Gasteiger charge is 2.21. The van der Waals surface area contributed by atoms with E-state index in [1.54, 1.807) is 0 Å². The van der Waals surface area contributed by atoms with Crippen molar-refractivity contribution in [2.45, 2.75) is 33.4 Å². The molecule has 25 heavy (non-hydrogen) atoms. The van der Waals surface area contributed by atoms with Gasteiger partial charge in [0, 0.05) is 45.5 Å². The molecule has 1 aliphatic heterocycles. The molecule has 2 aromatic rings. The summed E-state index contributed by atoms with van der Waals surface area (Å²) in [6.07, 6.45) is 1.46. The van der Waals surface area contributed by atoms with E-state index < -0.39 is 6.10 Å². The highest BCUT2D eigenvalue weighted by molar-refractivity contribution is 5.32. The summed E-state index contributed by atoms with van der Waals surface area (Å²) in [6.45, 7) is 11.9.